The molecule has 1 fully saturated rings. The third-order valence-corrected chi connectivity index (χ3v) is 4.78. The van der Waals surface area contributed by atoms with Crippen LogP contribution < -0.4 is 0 Å². The van der Waals surface area contributed by atoms with E-state index in [9.17, 15) is 14.7 Å². The van der Waals surface area contributed by atoms with Crippen molar-refractivity contribution in [2.75, 3.05) is 6.54 Å². The van der Waals surface area contributed by atoms with E-state index in [0.29, 0.717) is 17.1 Å². The van der Waals surface area contributed by atoms with Gasteiger partial charge in [-0.3, -0.25) is 9.59 Å². The molecule has 2 aromatic rings. The van der Waals surface area contributed by atoms with Crippen molar-refractivity contribution in [3.8, 4) is 0 Å². The number of Topliss-reactive ketones (excluding diaryl/α,β-unsaturated/α-hetero) is 1. The van der Waals surface area contributed by atoms with Crippen LogP contribution in [0.5, 0.6) is 0 Å². The molecule has 3 rings (SSSR count). The number of aliphatic hydroxyl groups excluding tert-OH is 1. The molecule has 0 spiro atoms. The minimum absolute atomic E-state index is 0.125. The summed E-state index contributed by atoms with van der Waals surface area (Å²) in [5.74, 6) is -1.39. The van der Waals surface area contributed by atoms with Gasteiger partial charge in [-0.2, -0.15) is 0 Å². The first-order valence-electron chi connectivity index (χ1n) is 8.64. The lowest BCUT2D eigenvalue weighted by atomic mass is 9.95. The van der Waals surface area contributed by atoms with Gasteiger partial charge < -0.3 is 10.0 Å². The van der Waals surface area contributed by atoms with E-state index in [0.717, 1.165) is 18.4 Å². The van der Waals surface area contributed by atoms with Crippen LogP contribution in [-0.2, 0) is 9.59 Å². The third kappa shape index (κ3) is 3.37. The zero-order valence-corrected chi connectivity index (χ0v) is 15.2. The van der Waals surface area contributed by atoms with Crippen molar-refractivity contribution >= 4 is 29.1 Å². The SMILES string of the molecule is CCCCN1C(=O)C(=O)C(=C(O)c2ccc(Cl)cc2)[C@@H]1c1ccccc1. The number of amides is 1. The first-order valence-corrected chi connectivity index (χ1v) is 9.01. The van der Waals surface area contributed by atoms with Crippen molar-refractivity contribution in [3.05, 3.63) is 76.3 Å². The molecule has 4 nitrogen and oxygen atoms in total. The zero-order valence-electron chi connectivity index (χ0n) is 14.5. The monoisotopic (exact) mass is 369 g/mol. The summed E-state index contributed by atoms with van der Waals surface area (Å²) in [6.45, 7) is 2.50. The number of nitrogens with zero attached hydrogens (tertiary/aromatic N) is 1. The van der Waals surface area contributed by atoms with E-state index in [1.165, 1.54) is 0 Å². The smallest absolute Gasteiger partial charge is 0.295 e. The van der Waals surface area contributed by atoms with Crippen molar-refractivity contribution < 1.29 is 14.7 Å². The first-order chi connectivity index (χ1) is 12.5. The first kappa shape index (κ1) is 18.2. The standard InChI is InChI=1S/C21H20ClNO3/c1-2-3-13-23-18(14-7-5-4-6-8-14)17(20(25)21(23)26)19(24)15-9-11-16(22)12-10-15/h4-12,18,24H,2-3,13H2,1H3/t18-/m0/s1. The van der Waals surface area contributed by atoms with Crippen LogP contribution in [0.1, 0.15) is 36.9 Å². The topological polar surface area (TPSA) is 57.6 Å². The number of carbonyl (C=O) groups is 2. The highest BCUT2D eigenvalue weighted by Gasteiger charge is 2.45. The average molecular weight is 370 g/mol. The van der Waals surface area contributed by atoms with Gasteiger partial charge in [0.25, 0.3) is 11.7 Å². The summed E-state index contributed by atoms with van der Waals surface area (Å²) in [5.41, 5.74) is 1.39. The lowest BCUT2D eigenvalue weighted by Crippen LogP contribution is -2.30. The van der Waals surface area contributed by atoms with E-state index >= 15 is 0 Å². The molecule has 0 unspecified atom stereocenters. The van der Waals surface area contributed by atoms with Gasteiger partial charge in [0, 0.05) is 17.1 Å². The second-order valence-corrected chi connectivity index (χ2v) is 6.70. The molecule has 2 aromatic carbocycles. The predicted octanol–water partition coefficient (Wildman–Crippen LogP) is 4.56. The molecule has 134 valence electrons. The summed E-state index contributed by atoms with van der Waals surface area (Å²) in [4.78, 5) is 26.9. The van der Waals surface area contributed by atoms with Crippen LogP contribution in [0.15, 0.2) is 60.2 Å². The maximum Gasteiger partial charge on any atom is 0.295 e. The average Bonchev–Trinajstić information content (AvgIpc) is 2.91. The van der Waals surface area contributed by atoms with Crippen molar-refractivity contribution in [1.82, 2.24) is 4.90 Å². The molecule has 0 aliphatic carbocycles. The van der Waals surface area contributed by atoms with Crippen molar-refractivity contribution in [3.63, 3.8) is 0 Å². The Morgan fingerprint density at radius 1 is 1.08 bits per heavy atom. The van der Waals surface area contributed by atoms with Gasteiger partial charge in [-0.05, 0) is 36.2 Å². The largest absolute Gasteiger partial charge is 0.507 e. The molecule has 0 aromatic heterocycles. The van der Waals surface area contributed by atoms with Crippen LogP contribution in [-0.4, -0.2) is 28.2 Å². The second-order valence-electron chi connectivity index (χ2n) is 6.26. The number of unbranched alkanes of at least 4 members (excludes halogenated alkanes) is 1. The number of rotatable bonds is 5. The van der Waals surface area contributed by atoms with Gasteiger partial charge in [-0.1, -0.05) is 55.3 Å². The molecule has 1 N–H and O–H groups in total. The lowest BCUT2D eigenvalue weighted by molar-refractivity contribution is -0.139. The summed E-state index contributed by atoms with van der Waals surface area (Å²) in [5, 5.41) is 11.3. The van der Waals surface area contributed by atoms with Gasteiger partial charge in [0.2, 0.25) is 0 Å². The van der Waals surface area contributed by atoms with E-state index < -0.39 is 17.7 Å². The lowest BCUT2D eigenvalue weighted by Gasteiger charge is -2.25. The quantitative estimate of drug-likeness (QED) is 0.477. The normalized spacial score (nSPS) is 19.2. The highest BCUT2D eigenvalue weighted by atomic mass is 35.5. The Balaban J connectivity index is 2.14. The van der Waals surface area contributed by atoms with Crippen LogP contribution in [0.2, 0.25) is 5.02 Å². The van der Waals surface area contributed by atoms with Crippen LogP contribution in [0.4, 0.5) is 0 Å². The van der Waals surface area contributed by atoms with E-state index in [4.69, 9.17) is 11.6 Å². The van der Waals surface area contributed by atoms with Gasteiger partial charge >= 0.3 is 0 Å². The number of likely N-dealkylation sites (tertiary alicyclic amines) is 1. The molecule has 0 saturated carbocycles. The van der Waals surface area contributed by atoms with Gasteiger partial charge in [0.1, 0.15) is 5.76 Å². The highest BCUT2D eigenvalue weighted by molar-refractivity contribution is 6.46. The Bertz CT molecular complexity index is 843. The molecule has 0 bridgehead atoms. The van der Waals surface area contributed by atoms with Crippen molar-refractivity contribution in [2.24, 2.45) is 0 Å². The molecule has 1 amide bonds. The van der Waals surface area contributed by atoms with Gasteiger partial charge in [-0.15, -0.1) is 0 Å². The Morgan fingerprint density at radius 2 is 1.73 bits per heavy atom. The summed E-state index contributed by atoms with van der Waals surface area (Å²) >= 11 is 5.91. The molecular formula is C21H20ClNO3. The fourth-order valence-corrected chi connectivity index (χ4v) is 3.31. The number of halogens is 1. The number of benzene rings is 2. The summed E-state index contributed by atoms with van der Waals surface area (Å²) in [6.07, 6.45) is 1.69. The molecule has 26 heavy (non-hydrogen) atoms. The maximum atomic E-state index is 12.7. The minimum atomic E-state index is -0.651. The third-order valence-electron chi connectivity index (χ3n) is 4.53. The van der Waals surface area contributed by atoms with Crippen molar-refractivity contribution in [2.45, 2.75) is 25.8 Å². The predicted molar refractivity (Wildman–Crippen MR) is 102 cm³/mol. The molecule has 1 saturated heterocycles. The molecule has 1 aliphatic heterocycles. The molecule has 1 atom stereocenters. The number of hydrogen-bond donors (Lipinski definition) is 1. The fourth-order valence-electron chi connectivity index (χ4n) is 3.18. The van der Waals surface area contributed by atoms with E-state index in [2.05, 4.69) is 0 Å². The maximum absolute atomic E-state index is 12.7. The van der Waals surface area contributed by atoms with E-state index in [1.54, 1.807) is 29.2 Å². The minimum Gasteiger partial charge on any atom is -0.507 e. The number of aliphatic hydroxyl groups is 1. The Labute approximate surface area is 157 Å². The number of ketones is 1. The molecule has 1 heterocycles. The van der Waals surface area contributed by atoms with Crippen LogP contribution in [0, 0.1) is 0 Å². The Hall–Kier alpha value is -2.59. The summed E-state index contributed by atoms with van der Waals surface area (Å²) in [6, 6.07) is 15.3. The number of carbonyl (C=O) groups excluding carboxylic acids is 2. The zero-order chi connectivity index (χ0) is 18.7. The Kier molecular flexibility index (Phi) is 5.43. The summed E-state index contributed by atoms with van der Waals surface area (Å²) in [7, 11) is 0. The van der Waals surface area contributed by atoms with Gasteiger partial charge in [0.15, 0.2) is 0 Å². The van der Waals surface area contributed by atoms with Crippen LogP contribution >= 0.6 is 11.6 Å². The van der Waals surface area contributed by atoms with Crippen LogP contribution in [0.3, 0.4) is 0 Å². The van der Waals surface area contributed by atoms with Gasteiger partial charge in [-0.25, -0.2) is 0 Å². The molecule has 1 aliphatic rings. The van der Waals surface area contributed by atoms with E-state index in [1.807, 2.05) is 37.3 Å². The van der Waals surface area contributed by atoms with Crippen LogP contribution in [0.25, 0.3) is 5.76 Å². The molecule has 0 radical (unpaired) electrons. The fraction of sp³-hybridized carbons (Fsp3) is 0.238. The molecule has 5 heteroatoms. The molecular weight excluding hydrogens is 350 g/mol. The van der Waals surface area contributed by atoms with Gasteiger partial charge in [0.05, 0.1) is 11.6 Å². The van der Waals surface area contributed by atoms with Crippen molar-refractivity contribution in [1.29, 1.82) is 0 Å². The second kappa shape index (κ2) is 7.75. The number of hydrogen-bond acceptors (Lipinski definition) is 3. The highest BCUT2D eigenvalue weighted by Crippen LogP contribution is 2.39. The summed E-state index contributed by atoms with van der Waals surface area (Å²) < 4.78 is 0. The van der Waals surface area contributed by atoms with E-state index in [-0.39, 0.29) is 11.3 Å². The Morgan fingerprint density at radius 3 is 2.35 bits per heavy atom.